The number of fused-ring (bicyclic) bond motifs is 2. The summed E-state index contributed by atoms with van der Waals surface area (Å²) in [6, 6.07) is 0. The fraction of sp³-hybridized carbons (Fsp3) is 0.846. The summed E-state index contributed by atoms with van der Waals surface area (Å²) >= 11 is 0. The van der Waals surface area contributed by atoms with Crippen LogP contribution in [0.4, 0.5) is 0 Å². The molecule has 13 heavy (non-hydrogen) atoms. The van der Waals surface area contributed by atoms with Crippen LogP contribution in [-0.4, -0.2) is 0 Å². The molecule has 0 heteroatoms. The van der Waals surface area contributed by atoms with Crippen molar-refractivity contribution in [2.75, 3.05) is 0 Å². The maximum Gasteiger partial charge on any atom is -0.00879 e. The molecule has 0 nitrogen and oxygen atoms in total. The van der Waals surface area contributed by atoms with Crippen molar-refractivity contribution in [3.8, 4) is 0 Å². The minimum absolute atomic E-state index is 0.365. The molecule has 0 radical (unpaired) electrons. The predicted octanol–water partition coefficient (Wildman–Crippen LogP) is 3.88. The lowest BCUT2D eigenvalue weighted by molar-refractivity contribution is 0.0707. The van der Waals surface area contributed by atoms with Crippen LogP contribution in [-0.2, 0) is 0 Å². The second-order valence-electron chi connectivity index (χ2n) is 6.03. The summed E-state index contributed by atoms with van der Waals surface area (Å²) < 4.78 is 0. The molecule has 2 bridgehead atoms. The van der Waals surface area contributed by atoms with E-state index in [1.165, 1.54) is 12.0 Å². The first-order chi connectivity index (χ1) is 5.82. The Morgan fingerprint density at radius 3 is 2.15 bits per heavy atom. The second kappa shape index (κ2) is 2.21. The van der Waals surface area contributed by atoms with Gasteiger partial charge in [0.1, 0.15) is 0 Å². The van der Waals surface area contributed by atoms with E-state index in [1.807, 2.05) is 0 Å². The molecule has 4 atom stereocenters. The van der Waals surface area contributed by atoms with E-state index >= 15 is 0 Å². The topological polar surface area (TPSA) is 0 Å². The molecule has 2 saturated carbocycles. The van der Waals surface area contributed by atoms with Gasteiger partial charge in [0.05, 0.1) is 0 Å². The van der Waals surface area contributed by atoms with Crippen molar-refractivity contribution >= 4 is 0 Å². The van der Waals surface area contributed by atoms with Crippen molar-refractivity contribution in [2.45, 2.75) is 41.0 Å². The molecule has 0 heterocycles. The third-order valence-electron chi connectivity index (χ3n) is 5.75. The fourth-order valence-electron chi connectivity index (χ4n) is 3.85. The van der Waals surface area contributed by atoms with E-state index in [9.17, 15) is 0 Å². The van der Waals surface area contributed by atoms with Crippen LogP contribution in [0, 0.1) is 28.6 Å². The van der Waals surface area contributed by atoms with Crippen LogP contribution in [0.3, 0.4) is 0 Å². The van der Waals surface area contributed by atoms with Gasteiger partial charge < -0.3 is 0 Å². The first kappa shape index (κ1) is 9.30. The molecular formula is C13H22. The molecule has 0 aromatic carbocycles. The van der Waals surface area contributed by atoms with Crippen LogP contribution in [0.1, 0.15) is 41.0 Å². The molecule has 74 valence electrons. The Bertz CT molecular complexity index is 261. The van der Waals surface area contributed by atoms with Crippen LogP contribution in [0.15, 0.2) is 12.2 Å². The quantitative estimate of drug-likeness (QED) is 0.494. The zero-order chi connectivity index (χ0) is 10.0. The smallest absolute Gasteiger partial charge is 0.00879 e. The molecule has 0 amide bonds. The zero-order valence-corrected chi connectivity index (χ0v) is 9.65. The Kier molecular flexibility index (Phi) is 1.58. The highest BCUT2D eigenvalue weighted by Crippen LogP contribution is 2.70. The molecule has 2 aliphatic rings. The summed E-state index contributed by atoms with van der Waals surface area (Å²) in [7, 11) is 0. The Morgan fingerprint density at radius 2 is 1.77 bits per heavy atom. The van der Waals surface area contributed by atoms with Crippen LogP contribution in [0.5, 0.6) is 0 Å². The minimum atomic E-state index is 0.365. The van der Waals surface area contributed by atoms with Crippen LogP contribution >= 0.6 is 0 Å². The Labute approximate surface area is 82.4 Å². The lowest BCUT2D eigenvalue weighted by Crippen LogP contribution is -2.40. The van der Waals surface area contributed by atoms with Crippen molar-refractivity contribution in [3.05, 3.63) is 12.2 Å². The molecule has 0 N–H and O–H groups in total. The highest BCUT2D eigenvalue weighted by atomic mass is 14.7. The summed E-state index contributed by atoms with van der Waals surface area (Å²) in [6.45, 7) is 16.4. The molecule has 2 rings (SSSR count). The van der Waals surface area contributed by atoms with Crippen molar-refractivity contribution in [1.82, 2.24) is 0 Å². The maximum atomic E-state index is 4.32. The van der Waals surface area contributed by atoms with Crippen LogP contribution in [0.25, 0.3) is 0 Å². The van der Waals surface area contributed by atoms with Crippen LogP contribution < -0.4 is 0 Å². The Hall–Kier alpha value is -0.260. The molecule has 0 aliphatic heterocycles. The van der Waals surface area contributed by atoms with Crippen molar-refractivity contribution in [3.63, 3.8) is 0 Å². The standard InChI is InChI=1S/C13H22/c1-8-9(2)13(6)7-11(8)10(3)12(13,4)5/h8-9,11H,3,7H2,1-2,4-6H3. The first-order valence-corrected chi connectivity index (χ1v) is 5.51. The molecule has 0 aromatic heterocycles. The van der Waals surface area contributed by atoms with Gasteiger partial charge in [-0.05, 0) is 35.0 Å². The van der Waals surface area contributed by atoms with E-state index in [2.05, 4.69) is 41.2 Å². The van der Waals surface area contributed by atoms with E-state index < -0.39 is 0 Å². The molecule has 2 aliphatic carbocycles. The summed E-state index contributed by atoms with van der Waals surface area (Å²) in [6.07, 6.45) is 1.38. The van der Waals surface area contributed by atoms with Gasteiger partial charge >= 0.3 is 0 Å². The van der Waals surface area contributed by atoms with Crippen molar-refractivity contribution < 1.29 is 0 Å². The van der Waals surface area contributed by atoms with E-state index in [1.54, 1.807) is 0 Å². The molecule has 0 spiro atoms. The van der Waals surface area contributed by atoms with Gasteiger partial charge in [0.15, 0.2) is 0 Å². The number of allylic oxidation sites excluding steroid dienone is 1. The van der Waals surface area contributed by atoms with E-state index in [0.717, 1.165) is 17.8 Å². The number of rotatable bonds is 0. The SMILES string of the molecule is C=C1C2CC(C)(C(C)C2C)C1(C)C. The van der Waals surface area contributed by atoms with E-state index in [0.29, 0.717) is 10.8 Å². The van der Waals surface area contributed by atoms with Gasteiger partial charge in [-0.3, -0.25) is 0 Å². The average Bonchev–Trinajstić information content (AvgIpc) is 2.37. The lowest BCUT2D eigenvalue weighted by atomic mass is 9.57. The molecule has 0 saturated heterocycles. The highest BCUT2D eigenvalue weighted by molar-refractivity contribution is 5.29. The number of hydrogen-bond acceptors (Lipinski definition) is 0. The highest BCUT2D eigenvalue weighted by Gasteiger charge is 2.62. The summed E-state index contributed by atoms with van der Waals surface area (Å²) in [5, 5.41) is 0. The van der Waals surface area contributed by atoms with E-state index in [4.69, 9.17) is 0 Å². The molecular weight excluding hydrogens is 156 g/mol. The van der Waals surface area contributed by atoms with Gasteiger partial charge in [-0.1, -0.05) is 46.8 Å². The Morgan fingerprint density at radius 1 is 1.23 bits per heavy atom. The Balaban J connectivity index is 2.49. The molecule has 2 fully saturated rings. The first-order valence-electron chi connectivity index (χ1n) is 5.51. The van der Waals surface area contributed by atoms with Gasteiger partial charge in [0.25, 0.3) is 0 Å². The molecule has 0 aromatic rings. The third kappa shape index (κ3) is 0.782. The summed E-state index contributed by atoms with van der Waals surface area (Å²) in [5.74, 6) is 2.51. The van der Waals surface area contributed by atoms with Crippen molar-refractivity contribution in [2.24, 2.45) is 28.6 Å². The monoisotopic (exact) mass is 178 g/mol. The fourth-order valence-corrected chi connectivity index (χ4v) is 3.85. The van der Waals surface area contributed by atoms with Crippen molar-refractivity contribution in [1.29, 1.82) is 0 Å². The van der Waals surface area contributed by atoms with Crippen LogP contribution in [0.2, 0.25) is 0 Å². The van der Waals surface area contributed by atoms with E-state index in [-0.39, 0.29) is 0 Å². The predicted molar refractivity (Wildman–Crippen MR) is 57.5 cm³/mol. The van der Waals surface area contributed by atoms with Gasteiger partial charge in [0, 0.05) is 0 Å². The van der Waals surface area contributed by atoms with Gasteiger partial charge in [-0.15, -0.1) is 0 Å². The van der Waals surface area contributed by atoms with Gasteiger partial charge in [0.2, 0.25) is 0 Å². The number of hydrogen-bond donors (Lipinski definition) is 0. The minimum Gasteiger partial charge on any atom is -0.0990 e. The lowest BCUT2D eigenvalue weighted by Gasteiger charge is -2.47. The zero-order valence-electron chi connectivity index (χ0n) is 9.65. The summed E-state index contributed by atoms with van der Waals surface area (Å²) in [5.41, 5.74) is 2.39. The average molecular weight is 178 g/mol. The summed E-state index contributed by atoms with van der Waals surface area (Å²) in [4.78, 5) is 0. The normalized spacial score (nSPS) is 53.0. The largest absolute Gasteiger partial charge is 0.0990 e. The second-order valence-corrected chi connectivity index (χ2v) is 6.03. The third-order valence-corrected chi connectivity index (χ3v) is 5.75. The molecule has 4 unspecified atom stereocenters. The maximum absolute atomic E-state index is 4.32. The van der Waals surface area contributed by atoms with Gasteiger partial charge in [-0.2, -0.15) is 0 Å². The van der Waals surface area contributed by atoms with Gasteiger partial charge in [-0.25, -0.2) is 0 Å².